The van der Waals surface area contributed by atoms with Crippen LogP contribution in [0.15, 0.2) is 55.1 Å². The number of anilines is 1. The number of amides is 1. The molecule has 10 nitrogen and oxygen atoms in total. The third-order valence-electron chi connectivity index (χ3n) is 8.20. The smallest absolute Gasteiger partial charge is 0.255 e. The van der Waals surface area contributed by atoms with E-state index in [2.05, 4.69) is 26.3 Å². The number of aliphatic hydroxyl groups is 1. The highest BCUT2D eigenvalue weighted by Crippen LogP contribution is 2.39. The van der Waals surface area contributed by atoms with Crippen LogP contribution in [0.1, 0.15) is 32.3 Å². The van der Waals surface area contributed by atoms with Gasteiger partial charge in [-0.2, -0.15) is 5.26 Å². The van der Waals surface area contributed by atoms with Crippen LogP contribution in [0.2, 0.25) is 0 Å². The van der Waals surface area contributed by atoms with Crippen molar-refractivity contribution in [1.82, 2.24) is 29.7 Å². The zero-order valence-electron chi connectivity index (χ0n) is 23.0. The molecule has 0 spiro atoms. The number of hydrogen-bond donors (Lipinski definition) is 2. The first-order valence-corrected chi connectivity index (χ1v) is 13.8. The molecule has 11 heteroatoms. The lowest BCUT2D eigenvalue weighted by Gasteiger charge is -2.47. The fraction of sp³-hybridized carbons (Fsp3) is 0.367. The van der Waals surface area contributed by atoms with Gasteiger partial charge in [-0.25, -0.2) is 19.3 Å². The van der Waals surface area contributed by atoms with Gasteiger partial charge >= 0.3 is 0 Å². The molecule has 2 fully saturated rings. The summed E-state index contributed by atoms with van der Waals surface area (Å²) in [6.45, 7) is 6.07. The van der Waals surface area contributed by atoms with E-state index in [-0.39, 0.29) is 23.8 Å². The number of carbonyl (C=O) groups is 1. The van der Waals surface area contributed by atoms with Crippen molar-refractivity contribution in [1.29, 1.82) is 5.26 Å². The van der Waals surface area contributed by atoms with Gasteiger partial charge in [0.25, 0.3) is 5.91 Å². The topological polar surface area (TPSA) is 123 Å². The van der Waals surface area contributed by atoms with Crippen molar-refractivity contribution < 1.29 is 14.3 Å². The number of fused-ring (bicyclic) bond motifs is 1. The van der Waals surface area contributed by atoms with Gasteiger partial charge in [0.1, 0.15) is 29.4 Å². The molecule has 2 aliphatic heterocycles. The van der Waals surface area contributed by atoms with Crippen LogP contribution in [0.4, 0.5) is 10.2 Å². The molecular formula is C30H31FN8O2. The van der Waals surface area contributed by atoms with Crippen LogP contribution < -0.4 is 10.2 Å². The Bertz CT molecular complexity index is 1660. The number of nitrogens with one attached hydrogen (secondary N) is 1. The lowest BCUT2D eigenvalue weighted by Crippen LogP contribution is -2.64. The number of piperidine rings is 1. The molecule has 0 bridgehead atoms. The summed E-state index contributed by atoms with van der Waals surface area (Å²) < 4.78 is 17.0. The predicted octanol–water partition coefficient (Wildman–Crippen LogP) is 3.03. The molecule has 1 aromatic carbocycles. The van der Waals surface area contributed by atoms with Crippen molar-refractivity contribution in [2.45, 2.75) is 44.4 Å². The van der Waals surface area contributed by atoms with Crippen LogP contribution in [-0.4, -0.2) is 79.3 Å². The number of nitriles is 1. The van der Waals surface area contributed by atoms with E-state index in [1.54, 1.807) is 52.2 Å². The van der Waals surface area contributed by atoms with Crippen molar-refractivity contribution in [2.24, 2.45) is 0 Å². The Kier molecular flexibility index (Phi) is 6.89. The summed E-state index contributed by atoms with van der Waals surface area (Å²) in [6.07, 6.45) is 5.59. The third-order valence-corrected chi connectivity index (χ3v) is 8.20. The van der Waals surface area contributed by atoms with Crippen LogP contribution in [0.5, 0.6) is 0 Å². The van der Waals surface area contributed by atoms with Crippen LogP contribution in [-0.2, 0) is 4.79 Å². The summed E-state index contributed by atoms with van der Waals surface area (Å²) in [4.78, 5) is 31.1. The van der Waals surface area contributed by atoms with Gasteiger partial charge in [-0.3, -0.25) is 9.36 Å². The maximum Gasteiger partial charge on any atom is 0.255 e. The number of aromatic nitrogens is 4. The molecule has 2 saturated heterocycles. The van der Waals surface area contributed by atoms with Crippen LogP contribution >= 0.6 is 0 Å². The summed E-state index contributed by atoms with van der Waals surface area (Å²) in [6, 6.07) is 11.6. The van der Waals surface area contributed by atoms with Gasteiger partial charge in [-0.1, -0.05) is 18.2 Å². The summed E-state index contributed by atoms with van der Waals surface area (Å²) in [5.74, 6) is 0.489. The fourth-order valence-corrected chi connectivity index (χ4v) is 5.97. The minimum Gasteiger partial charge on any atom is -0.380 e. The van der Waals surface area contributed by atoms with Gasteiger partial charge in [0.2, 0.25) is 0 Å². The molecule has 0 aliphatic carbocycles. The van der Waals surface area contributed by atoms with E-state index >= 15 is 4.39 Å². The number of benzene rings is 1. The van der Waals surface area contributed by atoms with Crippen molar-refractivity contribution in [3.05, 3.63) is 66.5 Å². The number of halogens is 1. The van der Waals surface area contributed by atoms with Crippen LogP contribution in [0.3, 0.4) is 0 Å². The molecule has 2 N–H and O–H groups in total. The molecule has 2 atom stereocenters. The summed E-state index contributed by atoms with van der Waals surface area (Å²) in [7, 11) is 0. The Morgan fingerprint density at radius 1 is 1.10 bits per heavy atom. The highest BCUT2D eigenvalue weighted by atomic mass is 19.1. The molecule has 0 unspecified atom stereocenters. The molecule has 1 amide bonds. The fourth-order valence-electron chi connectivity index (χ4n) is 5.97. The van der Waals surface area contributed by atoms with Crippen molar-refractivity contribution in [2.75, 3.05) is 31.1 Å². The van der Waals surface area contributed by atoms with Crippen LogP contribution in [0.25, 0.3) is 28.0 Å². The first kappa shape index (κ1) is 26.8. The molecule has 6 rings (SSSR count). The molecule has 4 aromatic rings. The summed E-state index contributed by atoms with van der Waals surface area (Å²) >= 11 is 0. The van der Waals surface area contributed by atoms with E-state index in [1.165, 1.54) is 12.4 Å². The normalized spacial score (nSPS) is 20.7. The molecule has 0 radical (unpaired) electrons. The van der Waals surface area contributed by atoms with Gasteiger partial charge in [-0.15, -0.1) is 0 Å². The van der Waals surface area contributed by atoms with Crippen LogP contribution in [0, 0.1) is 17.1 Å². The zero-order chi connectivity index (χ0) is 28.7. The number of piperazine rings is 1. The largest absolute Gasteiger partial charge is 0.380 e. The third kappa shape index (κ3) is 4.69. The van der Waals surface area contributed by atoms with Gasteiger partial charge in [-0.05, 0) is 58.0 Å². The molecule has 5 heterocycles. The second kappa shape index (κ2) is 10.5. The Balaban J connectivity index is 1.45. The van der Waals surface area contributed by atoms with Gasteiger partial charge in [0, 0.05) is 48.7 Å². The Morgan fingerprint density at radius 2 is 1.88 bits per heavy atom. The highest BCUT2D eigenvalue weighted by molar-refractivity contribution is 6.02. The average molecular weight is 555 g/mol. The Morgan fingerprint density at radius 3 is 2.63 bits per heavy atom. The van der Waals surface area contributed by atoms with E-state index in [4.69, 9.17) is 4.98 Å². The van der Waals surface area contributed by atoms with Gasteiger partial charge < -0.3 is 20.2 Å². The SMILES string of the molecule is C[C@@H]1CN(C(=O)C2(O)CCNCC2)[C@@H](C)CN1c1ncnc2c1c(-c1ccccc1F)cn2-c1cc(C#N)ccn1. The number of rotatable bonds is 4. The Hall–Kier alpha value is -4.40. The van der Waals surface area contributed by atoms with E-state index in [1.807, 2.05) is 13.8 Å². The van der Waals surface area contributed by atoms with Gasteiger partial charge in [0.05, 0.1) is 17.0 Å². The van der Waals surface area contributed by atoms with E-state index in [0.717, 1.165) is 0 Å². The maximum atomic E-state index is 15.2. The van der Waals surface area contributed by atoms with Crippen molar-refractivity contribution in [3.8, 4) is 23.0 Å². The number of pyridine rings is 1. The second-order valence-corrected chi connectivity index (χ2v) is 10.9. The van der Waals surface area contributed by atoms with Crippen molar-refractivity contribution >= 4 is 22.8 Å². The van der Waals surface area contributed by atoms with E-state index in [9.17, 15) is 15.2 Å². The lowest BCUT2D eigenvalue weighted by atomic mass is 9.89. The van der Waals surface area contributed by atoms with E-state index < -0.39 is 5.60 Å². The second-order valence-electron chi connectivity index (χ2n) is 10.9. The average Bonchev–Trinajstić information content (AvgIpc) is 3.38. The molecule has 0 saturated carbocycles. The minimum absolute atomic E-state index is 0.143. The first-order valence-electron chi connectivity index (χ1n) is 13.8. The standard InChI is InChI=1S/C30H31FN8O2/c1-19-16-38(29(40)30(41)8-11-33-12-9-30)20(2)15-37(19)27-26-23(22-5-3-4-6-24(22)31)17-39(28(26)36-18-35-27)25-13-21(14-32)7-10-34-25/h3-7,10,13,17-20,33,41H,8-9,11-12,15-16H2,1-2H3/t19-,20+/m1/s1. The molecule has 2 aliphatic rings. The highest BCUT2D eigenvalue weighted by Gasteiger charge is 2.44. The zero-order valence-corrected chi connectivity index (χ0v) is 23.0. The minimum atomic E-state index is -1.36. The lowest BCUT2D eigenvalue weighted by molar-refractivity contribution is -0.157. The van der Waals surface area contributed by atoms with Crippen molar-refractivity contribution in [3.63, 3.8) is 0 Å². The molecule has 41 heavy (non-hydrogen) atoms. The predicted molar refractivity (Wildman–Crippen MR) is 152 cm³/mol. The summed E-state index contributed by atoms with van der Waals surface area (Å²) in [5, 5.41) is 24.4. The first-order chi connectivity index (χ1) is 19.8. The number of nitrogens with zero attached hydrogens (tertiary/aromatic N) is 7. The van der Waals surface area contributed by atoms with Gasteiger partial charge in [0.15, 0.2) is 5.65 Å². The monoisotopic (exact) mass is 554 g/mol. The maximum absolute atomic E-state index is 15.2. The Labute approximate surface area is 237 Å². The number of hydrogen-bond acceptors (Lipinski definition) is 8. The number of carbonyl (C=O) groups excluding carboxylic acids is 1. The molecule has 3 aromatic heterocycles. The molecular weight excluding hydrogens is 523 g/mol. The molecule has 210 valence electrons. The quantitative estimate of drug-likeness (QED) is 0.395. The van der Waals surface area contributed by atoms with E-state index in [0.29, 0.717) is 78.4 Å². The summed E-state index contributed by atoms with van der Waals surface area (Å²) in [5.41, 5.74) is 0.603.